The highest BCUT2D eigenvalue weighted by molar-refractivity contribution is 5.57. The van der Waals surface area contributed by atoms with Crippen molar-refractivity contribution in [2.75, 3.05) is 31.4 Å². The lowest BCUT2D eigenvalue weighted by molar-refractivity contribution is -0.137. The first-order valence-corrected chi connectivity index (χ1v) is 6.77. The third-order valence-electron chi connectivity index (χ3n) is 3.19. The minimum Gasteiger partial charge on any atom is -0.383 e. The number of rotatable bonds is 6. The highest BCUT2D eigenvalue weighted by Crippen LogP contribution is 2.33. The molecule has 23 heavy (non-hydrogen) atoms. The number of hydrogen-bond donors (Lipinski definition) is 2. The van der Waals surface area contributed by atoms with Crippen LogP contribution < -0.4 is 10.6 Å². The minimum absolute atomic E-state index is 0.0525. The Morgan fingerprint density at radius 1 is 1.30 bits per heavy atom. The summed E-state index contributed by atoms with van der Waals surface area (Å²) >= 11 is 0. The summed E-state index contributed by atoms with van der Waals surface area (Å²) in [5.74, 6) is -0.240. The van der Waals surface area contributed by atoms with E-state index < -0.39 is 11.7 Å². The number of methoxy groups -OCH3 is 1. The largest absolute Gasteiger partial charge is 0.421 e. The summed E-state index contributed by atoms with van der Waals surface area (Å²) < 4.78 is 45.1. The van der Waals surface area contributed by atoms with E-state index in [4.69, 9.17) is 4.74 Å². The summed E-state index contributed by atoms with van der Waals surface area (Å²) in [5, 5.41) is 9.47. The standard InChI is InChI=1S/C13H17F3N6O/c1-8-10(7-19-22(8)4-5-23-3)20-12-18-6-9(13(14,15)16)11(17-2)21-12/h6-7H,4-5H2,1-3H3,(H2,17,18,20,21). The van der Waals surface area contributed by atoms with E-state index in [1.54, 1.807) is 18.0 Å². The van der Waals surface area contributed by atoms with Crippen LogP contribution in [0.25, 0.3) is 0 Å². The molecule has 2 N–H and O–H groups in total. The van der Waals surface area contributed by atoms with Crippen LogP contribution in [0.3, 0.4) is 0 Å². The SMILES string of the molecule is CNc1nc(Nc2cnn(CCOC)c2C)ncc1C(F)(F)F. The molecular formula is C13H17F3N6O. The maximum absolute atomic E-state index is 12.8. The molecule has 2 aromatic rings. The van der Waals surface area contributed by atoms with Gasteiger partial charge in [-0.1, -0.05) is 0 Å². The van der Waals surface area contributed by atoms with Crippen LogP contribution in [0.4, 0.5) is 30.6 Å². The van der Waals surface area contributed by atoms with E-state index in [1.807, 2.05) is 6.92 Å². The Kier molecular flexibility index (Phi) is 5.04. The van der Waals surface area contributed by atoms with Gasteiger partial charge in [0.1, 0.15) is 11.4 Å². The fraction of sp³-hybridized carbons (Fsp3) is 0.462. The fourth-order valence-electron chi connectivity index (χ4n) is 1.93. The first-order valence-electron chi connectivity index (χ1n) is 6.77. The molecule has 0 amide bonds. The van der Waals surface area contributed by atoms with Crippen molar-refractivity contribution in [3.63, 3.8) is 0 Å². The topological polar surface area (TPSA) is 76.9 Å². The van der Waals surface area contributed by atoms with Crippen molar-refractivity contribution in [2.45, 2.75) is 19.6 Å². The van der Waals surface area contributed by atoms with Crippen LogP contribution in [0.15, 0.2) is 12.4 Å². The number of aromatic nitrogens is 4. The number of ether oxygens (including phenoxy) is 1. The molecule has 0 fully saturated rings. The van der Waals surface area contributed by atoms with E-state index in [0.717, 1.165) is 11.9 Å². The number of anilines is 3. The first kappa shape index (κ1) is 17.0. The smallest absolute Gasteiger partial charge is 0.383 e. The molecule has 0 bridgehead atoms. The highest BCUT2D eigenvalue weighted by Gasteiger charge is 2.35. The van der Waals surface area contributed by atoms with Crippen molar-refractivity contribution < 1.29 is 17.9 Å². The van der Waals surface area contributed by atoms with Crippen molar-refractivity contribution >= 4 is 17.5 Å². The van der Waals surface area contributed by atoms with Crippen LogP contribution in [-0.2, 0) is 17.5 Å². The first-order chi connectivity index (χ1) is 10.9. The lowest BCUT2D eigenvalue weighted by atomic mass is 10.3. The predicted molar refractivity (Wildman–Crippen MR) is 78.7 cm³/mol. The van der Waals surface area contributed by atoms with Gasteiger partial charge in [-0.05, 0) is 6.92 Å². The molecule has 0 aliphatic rings. The third kappa shape index (κ3) is 3.89. The average Bonchev–Trinajstić information content (AvgIpc) is 2.84. The summed E-state index contributed by atoms with van der Waals surface area (Å²) in [7, 11) is 2.96. The zero-order valence-electron chi connectivity index (χ0n) is 12.9. The van der Waals surface area contributed by atoms with E-state index in [2.05, 4.69) is 25.7 Å². The maximum atomic E-state index is 12.8. The quantitative estimate of drug-likeness (QED) is 0.847. The number of halogens is 3. The van der Waals surface area contributed by atoms with Crippen molar-refractivity contribution in [3.05, 3.63) is 23.7 Å². The van der Waals surface area contributed by atoms with E-state index in [0.29, 0.717) is 18.8 Å². The maximum Gasteiger partial charge on any atom is 0.421 e. The summed E-state index contributed by atoms with van der Waals surface area (Å²) in [6.45, 7) is 2.90. The molecule has 0 radical (unpaired) electrons. The summed E-state index contributed by atoms with van der Waals surface area (Å²) in [6, 6.07) is 0. The Hall–Kier alpha value is -2.36. The number of nitrogens with one attached hydrogen (secondary N) is 2. The Morgan fingerprint density at radius 2 is 2.04 bits per heavy atom. The monoisotopic (exact) mass is 330 g/mol. The zero-order chi connectivity index (χ0) is 17.0. The van der Waals surface area contributed by atoms with Gasteiger partial charge in [0.2, 0.25) is 5.95 Å². The molecule has 7 nitrogen and oxygen atoms in total. The number of nitrogens with zero attached hydrogens (tertiary/aromatic N) is 4. The molecule has 2 heterocycles. The van der Waals surface area contributed by atoms with Crippen LogP contribution in [0, 0.1) is 6.92 Å². The lowest BCUT2D eigenvalue weighted by Crippen LogP contribution is -2.12. The molecule has 0 aromatic carbocycles. The normalized spacial score (nSPS) is 11.6. The molecule has 0 saturated carbocycles. The Bertz CT molecular complexity index is 670. The average molecular weight is 330 g/mol. The van der Waals surface area contributed by atoms with Gasteiger partial charge in [0.25, 0.3) is 0 Å². The van der Waals surface area contributed by atoms with Gasteiger partial charge < -0.3 is 15.4 Å². The summed E-state index contributed by atoms with van der Waals surface area (Å²) in [4.78, 5) is 7.57. The van der Waals surface area contributed by atoms with Gasteiger partial charge in [0, 0.05) is 20.4 Å². The van der Waals surface area contributed by atoms with Crippen LogP contribution in [0.2, 0.25) is 0 Å². The molecule has 0 spiro atoms. The van der Waals surface area contributed by atoms with Crippen LogP contribution >= 0.6 is 0 Å². The molecule has 126 valence electrons. The molecule has 0 saturated heterocycles. The van der Waals surface area contributed by atoms with Crippen LogP contribution in [0.5, 0.6) is 0 Å². The second-order valence-corrected chi connectivity index (χ2v) is 4.69. The van der Waals surface area contributed by atoms with Crippen molar-refractivity contribution in [2.24, 2.45) is 0 Å². The summed E-state index contributed by atoms with van der Waals surface area (Å²) in [6.07, 6.45) is -2.21. The van der Waals surface area contributed by atoms with Crippen molar-refractivity contribution in [1.82, 2.24) is 19.7 Å². The van der Waals surface area contributed by atoms with E-state index in [-0.39, 0.29) is 11.8 Å². The molecular weight excluding hydrogens is 313 g/mol. The second-order valence-electron chi connectivity index (χ2n) is 4.69. The minimum atomic E-state index is -4.52. The Balaban J connectivity index is 2.22. The van der Waals surface area contributed by atoms with Gasteiger partial charge in [-0.3, -0.25) is 4.68 Å². The van der Waals surface area contributed by atoms with E-state index >= 15 is 0 Å². The van der Waals surface area contributed by atoms with Crippen LogP contribution in [-0.4, -0.2) is 40.5 Å². The fourth-order valence-corrected chi connectivity index (χ4v) is 1.93. The van der Waals surface area contributed by atoms with Gasteiger partial charge in [-0.15, -0.1) is 0 Å². The number of alkyl halides is 3. The van der Waals surface area contributed by atoms with Crippen molar-refractivity contribution in [3.8, 4) is 0 Å². The van der Waals surface area contributed by atoms with Gasteiger partial charge in [0.15, 0.2) is 0 Å². The highest BCUT2D eigenvalue weighted by atomic mass is 19.4. The molecule has 0 aliphatic carbocycles. The Morgan fingerprint density at radius 3 is 2.65 bits per heavy atom. The summed E-state index contributed by atoms with van der Waals surface area (Å²) in [5.41, 5.74) is 0.498. The molecule has 0 atom stereocenters. The molecule has 0 aliphatic heterocycles. The van der Waals surface area contributed by atoms with Gasteiger partial charge in [-0.2, -0.15) is 23.3 Å². The zero-order valence-corrected chi connectivity index (χ0v) is 12.9. The molecule has 2 aromatic heterocycles. The molecule has 2 rings (SSSR count). The predicted octanol–water partition coefficient (Wildman–Crippen LogP) is 2.43. The van der Waals surface area contributed by atoms with E-state index in [1.165, 1.54) is 7.05 Å². The molecule has 0 unspecified atom stereocenters. The second kappa shape index (κ2) is 6.82. The van der Waals surface area contributed by atoms with Gasteiger partial charge in [-0.25, -0.2) is 4.98 Å². The van der Waals surface area contributed by atoms with Gasteiger partial charge >= 0.3 is 6.18 Å². The Labute approximate surface area is 130 Å². The van der Waals surface area contributed by atoms with Crippen molar-refractivity contribution in [1.29, 1.82) is 0 Å². The van der Waals surface area contributed by atoms with Crippen LogP contribution in [0.1, 0.15) is 11.3 Å². The van der Waals surface area contributed by atoms with E-state index in [9.17, 15) is 13.2 Å². The molecule has 10 heteroatoms. The van der Waals surface area contributed by atoms with Gasteiger partial charge in [0.05, 0.1) is 30.7 Å². The lowest BCUT2D eigenvalue weighted by Gasteiger charge is -2.12. The third-order valence-corrected chi connectivity index (χ3v) is 3.19. The number of hydrogen-bond acceptors (Lipinski definition) is 6.